The molecule has 0 atom stereocenters. The van der Waals surface area contributed by atoms with Crippen LogP contribution in [-0.4, -0.2) is 34.0 Å². The van der Waals surface area contributed by atoms with E-state index in [1.54, 1.807) is 61.5 Å². The van der Waals surface area contributed by atoms with E-state index in [0.717, 1.165) is 0 Å². The Morgan fingerprint density at radius 1 is 1.11 bits per heavy atom. The Kier molecular flexibility index (Phi) is 4.15. The summed E-state index contributed by atoms with van der Waals surface area (Å²) in [6.45, 7) is 1.59. The summed E-state index contributed by atoms with van der Waals surface area (Å²) >= 11 is 0. The number of esters is 1. The number of aromatic nitrogens is 2. The van der Waals surface area contributed by atoms with Crippen LogP contribution in [0.15, 0.2) is 54.6 Å². The molecule has 0 spiro atoms. The van der Waals surface area contributed by atoms with Gasteiger partial charge in [-0.1, -0.05) is 0 Å². The minimum absolute atomic E-state index is 0.0397. The molecule has 1 amide bonds. The number of nitrogens with two attached hydrogens (primary N) is 1. The lowest BCUT2D eigenvalue weighted by Crippen LogP contribution is -2.39. The molecule has 3 aromatic rings. The van der Waals surface area contributed by atoms with Crippen molar-refractivity contribution in [2.24, 2.45) is 5.73 Å². The molecular weight excluding hydrogens is 358 g/mol. The number of fused-ring (bicyclic) bond motifs is 5. The molecule has 3 N–H and O–H groups in total. The van der Waals surface area contributed by atoms with Gasteiger partial charge in [-0.25, -0.2) is 9.48 Å². The van der Waals surface area contributed by atoms with Crippen molar-refractivity contribution < 1.29 is 14.3 Å². The van der Waals surface area contributed by atoms with Crippen molar-refractivity contribution in [2.45, 2.75) is 6.92 Å². The zero-order valence-corrected chi connectivity index (χ0v) is 15.0. The van der Waals surface area contributed by atoms with E-state index in [9.17, 15) is 9.59 Å². The molecular formula is C20H17N5O3. The smallest absolute Gasteiger partial charge is 0.331 e. The molecule has 5 rings (SSSR count). The summed E-state index contributed by atoms with van der Waals surface area (Å²) in [5.74, 6) is -0.472. The van der Waals surface area contributed by atoms with Crippen molar-refractivity contribution in [2.75, 3.05) is 11.4 Å². The molecule has 0 saturated heterocycles. The third-order valence-electron chi connectivity index (χ3n) is 4.39. The highest BCUT2D eigenvalue weighted by Crippen LogP contribution is 2.25. The second-order valence-electron chi connectivity index (χ2n) is 6.40. The first-order chi connectivity index (χ1) is 13.4. The number of amidine groups is 1. The number of nitrogens with one attached hydrogen (secondary N) is 1. The maximum Gasteiger partial charge on any atom is 0.331 e. The SMILES string of the molecule is Cc1cc(C(=O)N2CC(=O)Oc3ccc2cc3)n(-c2ccc(C(=N)N)cc2)n1. The monoisotopic (exact) mass is 375 g/mol. The molecule has 0 fully saturated rings. The quantitative estimate of drug-likeness (QED) is 0.315. The Morgan fingerprint density at radius 3 is 2.39 bits per heavy atom. The molecule has 2 aliphatic rings. The number of nitrogens with zero attached hydrogens (tertiary/aromatic N) is 3. The highest BCUT2D eigenvalue weighted by Gasteiger charge is 2.27. The Morgan fingerprint density at radius 2 is 1.75 bits per heavy atom. The minimum atomic E-state index is -0.511. The molecule has 0 unspecified atom stereocenters. The number of nitrogen functional groups attached to an aromatic ring is 1. The molecule has 2 aliphatic heterocycles. The number of anilines is 1. The summed E-state index contributed by atoms with van der Waals surface area (Å²) in [4.78, 5) is 26.7. The molecule has 28 heavy (non-hydrogen) atoms. The molecule has 140 valence electrons. The van der Waals surface area contributed by atoms with Crippen LogP contribution < -0.4 is 15.4 Å². The summed E-state index contributed by atoms with van der Waals surface area (Å²) in [6.07, 6.45) is 0. The van der Waals surface area contributed by atoms with Gasteiger partial charge in [0.25, 0.3) is 5.91 Å². The predicted octanol–water partition coefficient (Wildman–Crippen LogP) is 2.03. The number of ether oxygens (including phenoxy) is 1. The van der Waals surface area contributed by atoms with Crippen molar-refractivity contribution in [3.63, 3.8) is 0 Å². The number of hydrogen-bond acceptors (Lipinski definition) is 5. The van der Waals surface area contributed by atoms with Gasteiger partial charge in [0.2, 0.25) is 0 Å². The van der Waals surface area contributed by atoms with Gasteiger partial charge in [-0.05, 0) is 61.5 Å². The third kappa shape index (κ3) is 3.11. The van der Waals surface area contributed by atoms with Crippen LogP contribution >= 0.6 is 0 Å². The van der Waals surface area contributed by atoms with Crippen LogP contribution in [0.5, 0.6) is 5.75 Å². The number of carbonyl (C=O) groups excluding carboxylic acids is 2. The van der Waals surface area contributed by atoms with Gasteiger partial charge in [0.1, 0.15) is 23.8 Å². The largest absolute Gasteiger partial charge is 0.425 e. The Labute approximate surface area is 160 Å². The minimum Gasteiger partial charge on any atom is -0.425 e. The van der Waals surface area contributed by atoms with Crippen LogP contribution in [0.25, 0.3) is 5.69 Å². The first-order valence-corrected chi connectivity index (χ1v) is 8.56. The van der Waals surface area contributed by atoms with Crippen LogP contribution in [0, 0.1) is 12.3 Å². The number of hydrogen-bond donors (Lipinski definition) is 2. The third-order valence-corrected chi connectivity index (χ3v) is 4.39. The van der Waals surface area contributed by atoms with E-state index < -0.39 is 5.97 Å². The maximum absolute atomic E-state index is 13.3. The van der Waals surface area contributed by atoms with Crippen molar-refractivity contribution in [1.82, 2.24) is 9.78 Å². The Balaban J connectivity index is 1.75. The van der Waals surface area contributed by atoms with Crippen molar-refractivity contribution in [3.05, 3.63) is 71.5 Å². The van der Waals surface area contributed by atoms with Gasteiger partial charge in [-0.3, -0.25) is 15.1 Å². The normalized spacial score (nSPS) is 13.0. The highest BCUT2D eigenvalue weighted by molar-refractivity contribution is 6.08. The van der Waals surface area contributed by atoms with Gasteiger partial charge in [0.05, 0.1) is 11.4 Å². The van der Waals surface area contributed by atoms with E-state index in [1.807, 2.05) is 0 Å². The van der Waals surface area contributed by atoms with Gasteiger partial charge >= 0.3 is 5.97 Å². The van der Waals surface area contributed by atoms with Crippen LogP contribution in [0.2, 0.25) is 0 Å². The number of benzene rings is 2. The molecule has 3 heterocycles. The average molecular weight is 375 g/mol. The van der Waals surface area contributed by atoms with Gasteiger partial charge in [0, 0.05) is 11.3 Å². The van der Waals surface area contributed by atoms with E-state index in [1.165, 1.54) is 9.58 Å². The predicted molar refractivity (Wildman–Crippen MR) is 103 cm³/mol. The summed E-state index contributed by atoms with van der Waals surface area (Å²) < 4.78 is 6.71. The van der Waals surface area contributed by atoms with Crippen molar-refractivity contribution in [3.8, 4) is 11.4 Å². The van der Waals surface area contributed by atoms with Gasteiger partial charge in [-0.2, -0.15) is 5.10 Å². The van der Waals surface area contributed by atoms with Gasteiger partial charge in [-0.15, -0.1) is 0 Å². The fourth-order valence-corrected chi connectivity index (χ4v) is 3.04. The van der Waals surface area contributed by atoms with Crippen molar-refractivity contribution in [1.29, 1.82) is 5.41 Å². The topological polar surface area (TPSA) is 114 Å². The highest BCUT2D eigenvalue weighted by atomic mass is 16.5. The molecule has 2 bridgehead atoms. The summed E-state index contributed by atoms with van der Waals surface area (Å²) in [5.41, 5.74) is 8.28. The number of amides is 1. The maximum atomic E-state index is 13.3. The lowest BCUT2D eigenvalue weighted by atomic mass is 10.2. The van der Waals surface area contributed by atoms with Crippen LogP contribution in [0.1, 0.15) is 21.7 Å². The first-order valence-electron chi connectivity index (χ1n) is 8.56. The zero-order chi connectivity index (χ0) is 19.8. The zero-order valence-electron chi connectivity index (χ0n) is 15.0. The second-order valence-corrected chi connectivity index (χ2v) is 6.40. The van der Waals surface area contributed by atoms with E-state index >= 15 is 0 Å². The number of aryl methyl sites for hydroxylation is 1. The molecule has 2 aromatic carbocycles. The van der Waals surface area contributed by atoms with Crippen LogP contribution in [-0.2, 0) is 4.79 Å². The van der Waals surface area contributed by atoms with E-state index in [4.69, 9.17) is 15.9 Å². The Hall–Kier alpha value is -3.94. The van der Waals surface area contributed by atoms with Crippen molar-refractivity contribution >= 4 is 23.4 Å². The molecule has 0 aliphatic carbocycles. The number of rotatable bonds is 3. The molecule has 0 saturated carbocycles. The standard InChI is InChI=1S/C20H17N5O3/c1-12-10-17(25(23-12)15-4-2-13(3-5-15)19(21)22)20(27)24-11-18(26)28-16-8-6-14(24)7-9-16/h2-10H,11H2,1H3,(H3,21,22). The lowest BCUT2D eigenvalue weighted by Gasteiger charge is -2.24. The lowest BCUT2D eigenvalue weighted by molar-refractivity contribution is -0.132. The summed E-state index contributed by atoms with van der Waals surface area (Å²) in [5, 5.41) is 11.9. The second kappa shape index (κ2) is 6.66. The first kappa shape index (κ1) is 17.5. The Bertz CT molecular complexity index is 1080. The average Bonchev–Trinajstić information content (AvgIpc) is 3.06. The van der Waals surface area contributed by atoms with Crippen LogP contribution in [0.4, 0.5) is 5.69 Å². The fourth-order valence-electron chi connectivity index (χ4n) is 3.04. The van der Waals surface area contributed by atoms with E-state index in [0.29, 0.717) is 34.1 Å². The van der Waals surface area contributed by atoms with E-state index in [2.05, 4.69) is 5.10 Å². The van der Waals surface area contributed by atoms with Gasteiger partial charge in [0.15, 0.2) is 0 Å². The number of carbonyl (C=O) groups is 2. The molecule has 0 radical (unpaired) electrons. The summed E-state index contributed by atoms with van der Waals surface area (Å²) in [6, 6.07) is 15.3. The molecule has 8 heteroatoms. The molecule has 1 aromatic heterocycles. The summed E-state index contributed by atoms with van der Waals surface area (Å²) in [7, 11) is 0. The fraction of sp³-hybridized carbons (Fsp3) is 0.100. The van der Waals surface area contributed by atoms with Gasteiger partial charge < -0.3 is 10.5 Å². The van der Waals surface area contributed by atoms with Crippen LogP contribution in [0.3, 0.4) is 0 Å². The van der Waals surface area contributed by atoms with E-state index in [-0.39, 0.29) is 18.3 Å². The molecule has 8 nitrogen and oxygen atoms in total.